The molecule has 7 nitrogen and oxygen atoms in total. The highest BCUT2D eigenvalue weighted by atomic mass is 16.3. The number of carbonyl (C=O) groups is 5. The monoisotopic (exact) mass is 250 g/mol. The van der Waals surface area contributed by atoms with Crippen molar-refractivity contribution in [3.8, 4) is 0 Å². The molecule has 0 unspecified atom stereocenters. The van der Waals surface area contributed by atoms with Gasteiger partial charge in [0.05, 0.1) is 0 Å². The van der Waals surface area contributed by atoms with Gasteiger partial charge in [-0.2, -0.15) is 9.80 Å². The maximum atomic E-state index is 11.7. The van der Waals surface area contributed by atoms with E-state index in [0.29, 0.717) is 0 Å². The summed E-state index contributed by atoms with van der Waals surface area (Å²) < 4.78 is 0. The quantitative estimate of drug-likeness (QED) is 0.390. The molecule has 0 aromatic heterocycles. The van der Waals surface area contributed by atoms with E-state index in [1.807, 2.05) is 0 Å². The van der Waals surface area contributed by atoms with Crippen molar-refractivity contribution in [1.82, 2.24) is 9.80 Å². The summed E-state index contributed by atoms with van der Waals surface area (Å²) in [4.78, 5) is 57.9. The fourth-order valence-corrected chi connectivity index (χ4v) is 1.20. The Morgan fingerprint density at radius 2 is 1.11 bits per heavy atom. The van der Waals surface area contributed by atoms with Gasteiger partial charge in [0.15, 0.2) is 0 Å². The van der Waals surface area contributed by atoms with Crippen molar-refractivity contribution >= 4 is 29.7 Å². The minimum absolute atomic E-state index is 0.0888. The van der Waals surface area contributed by atoms with E-state index in [1.165, 1.54) is 13.8 Å². The number of carbonyl (C=O) groups excluding carboxylic acids is 5. The second-order valence-corrected chi connectivity index (χ2v) is 3.73. The second kappa shape index (κ2) is 4.36. The minimum Gasteiger partial charge on any atom is -0.268 e. The van der Waals surface area contributed by atoms with E-state index in [-0.39, 0.29) is 20.9 Å². The largest absolute Gasteiger partial charge is 0.348 e. The molecule has 1 rings (SSSR count). The van der Waals surface area contributed by atoms with Crippen LogP contribution in [0.2, 0.25) is 0 Å². The second-order valence-electron chi connectivity index (χ2n) is 3.73. The number of amides is 6. The minimum atomic E-state index is -1.37. The summed E-state index contributed by atoms with van der Waals surface area (Å²) in [6.07, 6.45) is 0. The van der Waals surface area contributed by atoms with Gasteiger partial charge in [-0.15, -0.1) is 0 Å². The summed E-state index contributed by atoms with van der Waals surface area (Å²) >= 11 is 0. The Morgan fingerprint density at radius 1 is 0.833 bits per heavy atom. The lowest BCUT2D eigenvalue weighted by Crippen LogP contribution is -2.40. The summed E-state index contributed by atoms with van der Waals surface area (Å²) in [7, 11) is 0. The number of rotatable bonds is 2. The van der Waals surface area contributed by atoms with E-state index in [4.69, 9.17) is 0 Å². The third-order valence-electron chi connectivity index (χ3n) is 2.11. The molecular weight excluding hydrogens is 240 g/mol. The van der Waals surface area contributed by atoms with Crippen molar-refractivity contribution in [1.29, 1.82) is 0 Å². The molecule has 1 aliphatic heterocycles. The predicted molar refractivity (Wildman–Crippen MR) is 58.7 cm³/mol. The van der Waals surface area contributed by atoms with E-state index >= 15 is 0 Å². The van der Waals surface area contributed by atoms with E-state index in [2.05, 4.69) is 13.2 Å². The Bertz CT molecular complexity index is 486. The number of imide groups is 6. The van der Waals surface area contributed by atoms with Crippen LogP contribution in [-0.2, 0) is 19.2 Å². The van der Waals surface area contributed by atoms with Gasteiger partial charge >= 0.3 is 17.8 Å². The maximum absolute atomic E-state index is 11.7. The molecule has 1 fully saturated rings. The molecule has 0 radical (unpaired) electrons. The Labute approximate surface area is 102 Å². The molecule has 0 N–H and O–H groups in total. The van der Waals surface area contributed by atoms with Crippen molar-refractivity contribution in [2.45, 2.75) is 13.8 Å². The Kier molecular flexibility index (Phi) is 3.27. The highest BCUT2D eigenvalue weighted by Crippen LogP contribution is 2.16. The van der Waals surface area contributed by atoms with E-state index < -0.39 is 29.7 Å². The van der Waals surface area contributed by atoms with Crippen molar-refractivity contribution in [2.75, 3.05) is 0 Å². The first kappa shape index (κ1) is 13.5. The van der Waals surface area contributed by atoms with Crippen LogP contribution in [0.1, 0.15) is 13.8 Å². The summed E-state index contributed by atoms with van der Waals surface area (Å²) in [5.41, 5.74) is -0.205. The molecular formula is C11H10N2O5. The van der Waals surface area contributed by atoms with Crippen LogP contribution in [0, 0.1) is 0 Å². The summed E-state index contributed by atoms with van der Waals surface area (Å²) in [5, 5.41) is 0. The van der Waals surface area contributed by atoms with Gasteiger partial charge in [-0.1, -0.05) is 13.2 Å². The van der Waals surface area contributed by atoms with Crippen molar-refractivity contribution in [3.05, 3.63) is 24.3 Å². The SMILES string of the molecule is C=C(C)C(=O)N1C(=O)C(=O)N(C(=O)C(=C)C)C1=O. The molecule has 1 heterocycles. The Balaban J connectivity index is 3.21. The zero-order valence-electron chi connectivity index (χ0n) is 9.85. The zero-order valence-corrected chi connectivity index (χ0v) is 9.85. The molecule has 0 aliphatic carbocycles. The van der Waals surface area contributed by atoms with E-state index in [9.17, 15) is 24.0 Å². The van der Waals surface area contributed by atoms with E-state index in [1.54, 1.807) is 0 Å². The number of hydrogen-bond donors (Lipinski definition) is 0. The highest BCUT2D eigenvalue weighted by molar-refractivity contribution is 6.52. The molecule has 6 amide bonds. The lowest BCUT2D eigenvalue weighted by Gasteiger charge is -2.12. The van der Waals surface area contributed by atoms with Crippen LogP contribution in [0.3, 0.4) is 0 Å². The van der Waals surface area contributed by atoms with Gasteiger partial charge < -0.3 is 0 Å². The first-order chi connectivity index (χ1) is 8.20. The van der Waals surface area contributed by atoms with Gasteiger partial charge in [0, 0.05) is 11.1 Å². The van der Waals surface area contributed by atoms with Gasteiger partial charge in [-0.25, -0.2) is 4.79 Å². The third-order valence-corrected chi connectivity index (χ3v) is 2.11. The Morgan fingerprint density at radius 3 is 1.33 bits per heavy atom. The average molecular weight is 250 g/mol. The average Bonchev–Trinajstić information content (AvgIpc) is 2.48. The number of hydrogen-bond acceptors (Lipinski definition) is 5. The fraction of sp³-hybridized carbons (Fsp3) is 0.182. The number of urea groups is 1. The van der Waals surface area contributed by atoms with Crippen LogP contribution >= 0.6 is 0 Å². The molecule has 0 aromatic rings. The summed E-state index contributed by atoms with van der Waals surface area (Å²) in [5.74, 6) is -4.78. The lowest BCUT2D eigenvalue weighted by molar-refractivity contribution is -0.148. The number of nitrogens with zero attached hydrogens (tertiary/aromatic N) is 2. The van der Waals surface area contributed by atoms with Gasteiger partial charge in [-0.05, 0) is 13.8 Å². The van der Waals surface area contributed by atoms with Gasteiger partial charge in [0.25, 0.3) is 11.8 Å². The maximum Gasteiger partial charge on any atom is 0.348 e. The van der Waals surface area contributed by atoms with Crippen LogP contribution in [0.25, 0.3) is 0 Å². The van der Waals surface area contributed by atoms with Crippen LogP contribution in [-0.4, -0.2) is 39.5 Å². The fourth-order valence-electron chi connectivity index (χ4n) is 1.20. The Hall–Kier alpha value is -2.57. The van der Waals surface area contributed by atoms with Crippen LogP contribution in [0.4, 0.5) is 4.79 Å². The molecule has 0 spiro atoms. The smallest absolute Gasteiger partial charge is 0.268 e. The topological polar surface area (TPSA) is 91.8 Å². The normalized spacial score (nSPS) is 15.1. The standard InChI is InChI=1S/C11H10N2O5/c1-5(2)7(14)12-9(16)10(17)13(11(12)18)8(15)6(3)4/h1,3H2,2,4H3. The first-order valence-corrected chi connectivity index (χ1v) is 4.82. The first-order valence-electron chi connectivity index (χ1n) is 4.82. The summed E-state index contributed by atoms with van der Waals surface area (Å²) in [6.45, 7) is 9.09. The van der Waals surface area contributed by atoms with Crippen molar-refractivity contribution in [2.24, 2.45) is 0 Å². The van der Waals surface area contributed by atoms with Crippen LogP contribution < -0.4 is 0 Å². The molecule has 7 heteroatoms. The van der Waals surface area contributed by atoms with Crippen molar-refractivity contribution in [3.63, 3.8) is 0 Å². The zero-order chi connectivity index (χ0) is 14.2. The molecule has 0 saturated carbocycles. The third kappa shape index (κ3) is 1.86. The predicted octanol–water partition coefficient (Wildman–Crippen LogP) is -0.0174. The van der Waals surface area contributed by atoms with Crippen LogP contribution in [0.5, 0.6) is 0 Å². The van der Waals surface area contributed by atoms with Gasteiger partial charge in [0.1, 0.15) is 0 Å². The summed E-state index contributed by atoms with van der Waals surface area (Å²) in [6, 6.07) is -1.30. The van der Waals surface area contributed by atoms with Crippen LogP contribution in [0.15, 0.2) is 24.3 Å². The highest BCUT2D eigenvalue weighted by Gasteiger charge is 2.51. The van der Waals surface area contributed by atoms with E-state index in [0.717, 1.165) is 0 Å². The van der Waals surface area contributed by atoms with Crippen molar-refractivity contribution < 1.29 is 24.0 Å². The molecule has 94 valence electrons. The molecule has 1 saturated heterocycles. The molecule has 0 atom stereocenters. The molecule has 0 bridgehead atoms. The molecule has 1 aliphatic rings. The lowest BCUT2D eigenvalue weighted by atomic mass is 10.3. The molecule has 0 aromatic carbocycles. The van der Waals surface area contributed by atoms with Gasteiger partial charge in [0.2, 0.25) is 0 Å². The van der Waals surface area contributed by atoms with Gasteiger partial charge in [-0.3, -0.25) is 19.2 Å². The molecule has 18 heavy (non-hydrogen) atoms.